The molecule has 1 heterocycles. The first kappa shape index (κ1) is 69.8. The molecule has 6 nitrogen and oxygen atoms in total. The summed E-state index contributed by atoms with van der Waals surface area (Å²) in [5.74, 6) is -15.1. The van der Waals surface area contributed by atoms with Gasteiger partial charge in [0.25, 0.3) is 0 Å². The van der Waals surface area contributed by atoms with Gasteiger partial charge in [-0.2, -0.15) is 0 Å². The fraction of sp³-hybridized carbons (Fsp3) is 0.219. The van der Waals surface area contributed by atoms with Gasteiger partial charge in [0.15, 0.2) is 34.9 Å². The van der Waals surface area contributed by atoms with Gasteiger partial charge in [-0.15, -0.1) is 23.2 Å². The average Bonchev–Trinajstić information content (AvgIpc) is 4.17. The Morgan fingerprint density at radius 2 is 0.833 bits per heavy atom. The van der Waals surface area contributed by atoms with Crippen molar-refractivity contribution < 1.29 is 68.8 Å². The lowest BCUT2D eigenvalue weighted by Crippen LogP contribution is -2.12. The minimum absolute atomic E-state index is 0.0925. The standard InChI is InChI=1S/C22H15ClF4O2.C16H14ClFO2.C15H14ClF.C6H3F3O.C4H8O.CH2Cl2/c1-2-3-12-4-6-13(7-5-12)14-8-16(23)20(17(24)9-14)22(28)29-15-10-18(25)21(27)19(26)11-15;1-2-3-10-4-6-11(7-5-10)12-8-13(17)15(16(19)20)14(18)9-12;1-2-3-11-4-6-12(7-5-11)13-8-14(16)10-15(17)9-13;7-4-1-3(10)2-5(8)6(4)9;1-2-4-5-3-1;2-1-3/h4-11H,2-3H2,1H3;4-9H,2-3H2,1H3,(H,19,20);4-10H,2-3H2,1H3;1-2,10H;1-4H2;1H2. The number of aryl methyl sites for hydroxylation is 3. The highest BCUT2D eigenvalue weighted by Crippen LogP contribution is 2.32. The van der Waals surface area contributed by atoms with Crippen molar-refractivity contribution in [3.8, 4) is 44.9 Å². The lowest BCUT2D eigenvalue weighted by Gasteiger charge is -2.10. The van der Waals surface area contributed by atoms with Gasteiger partial charge in [-0.1, -0.05) is 148 Å². The van der Waals surface area contributed by atoms with E-state index in [-0.39, 0.29) is 21.2 Å². The molecule has 1 fully saturated rings. The van der Waals surface area contributed by atoms with Crippen molar-refractivity contribution in [1.82, 2.24) is 0 Å². The summed E-state index contributed by atoms with van der Waals surface area (Å²) in [6.45, 7) is 8.32. The number of phenolic OH excluding ortho intramolecular Hbond substituents is 1. The highest BCUT2D eigenvalue weighted by atomic mass is 35.5. The Labute approximate surface area is 506 Å². The molecule has 20 heteroatoms. The van der Waals surface area contributed by atoms with Crippen LogP contribution in [-0.2, 0) is 24.0 Å². The van der Waals surface area contributed by atoms with Gasteiger partial charge < -0.3 is 19.7 Å². The zero-order valence-electron chi connectivity index (χ0n) is 45.4. The number of carbonyl (C=O) groups is 2. The number of carboxylic acids is 1. The number of phenols is 1. The van der Waals surface area contributed by atoms with Gasteiger partial charge >= 0.3 is 11.9 Å². The topological polar surface area (TPSA) is 93.1 Å². The van der Waals surface area contributed by atoms with E-state index in [2.05, 4.69) is 32.9 Å². The minimum atomic E-state index is -1.71. The van der Waals surface area contributed by atoms with Crippen molar-refractivity contribution in [3.63, 3.8) is 0 Å². The monoisotopic (exact) mass is 1270 g/mol. The van der Waals surface area contributed by atoms with Gasteiger partial charge in [0.2, 0.25) is 0 Å². The fourth-order valence-electron chi connectivity index (χ4n) is 7.86. The number of carbonyl (C=O) groups excluding carboxylic acids is 1. The molecule has 8 aromatic rings. The van der Waals surface area contributed by atoms with Gasteiger partial charge in [0.05, 0.1) is 15.4 Å². The first-order valence-corrected chi connectivity index (χ1v) is 28.1. The molecule has 84 heavy (non-hydrogen) atoms. The van der Waals surface area contributed by atoms with Crippen molar-refractivity contribution >= 4 is 69.9 Å². The van der Waals surface area contributed by atoms with Gasteiger partial charge in [0.1, 0.15) is 40.1 Å². The van der Waals surface area contributed by atoms with E-state index in [9.17, 15) is 49.1 Å². The first-order valence-electron chi connectivity index (χ1n) is 25.9. The van der Waals surface area contributed by atoms with Crippen molar-refractivity contribution in [1.29, 1.82) is 0 Å². The Hall–Kier alpha value is -6.72. The molecule has 446 valence electrons. The normalized spacial score (nSPS) is 11.2. The third kappa shape index (κ3) is 22.0. The highest BCUT2D eigenvalue weighted by molar-refractivity contribution is 6.40. The molecule has 0 aliphatic carbocycles. The molecule has 0 unspecified atom stereocenters. The molecular weight excluding hydrogens is 1210 g/mol. The summed E-state index contributed by atoms with van der Waals surface area (Å²) >= 11 is 27.3. The first-order chi connectivity index (χ1) is 40.0. The molecule has 0 amide bonds. The molecule has 0 saturated carbocycles. The molecule has 1 saturated heterocycles. The zero-order valence-corrected chi connectivity index (χ0v) is 49.2. The second-order valence-corrected chi connectivity index (χ2v) is 20.2. The van der Waals surface area contributed by atoms with Crippen molar-refractivity contribution in [2.45, 2.75) is 72.1 Å². The zero-order chi connectivity index (χ0) is 62.0. The van der Waals surface area contributed by atoms with E-state index in [0.29, 0.717) is 46.0 Å². The number of aromatic carboxylic acids is 1. The average molecular weight is 1270 g/mol. The summed E-state index contributed by atoms with van der Waals surface area (Å²) < 4.78 is 127. The lowest BCUT2D eigenvalue weighted by atomic mass is 10.0. The van der Waals surface area contributed by atoms with E-state index >= 15 is 0 Å². The number of aromatic hydroxyl groups is 1. The Morgan fingerprint density at radius 3 is 1.15 bits per heavy atom. The summed E-state index contributed by atoms with van der Waals surface area (Å²) in [6.07, 6.45) is 8.74. The summed E-state index contributed by atoms with van der Waals surface area (Å²) in [5.41, 5.74) is 6.92. The van der Waals surface area contributed by atoms with Crippen LogP contribution in [-0.4, -0.2) is 40.7 Å². The Morgan fingerprint density at radius 1 is 0.476 bits per heavy atom. The molecule has 0 atom stereocenters. The van der Waals surface area contributed by atoms with Crippen LogP contribution in [0.2, 0.25) is 15.1 Å². The molecule has 2 N–H and O–H groups in total. The van der Waals surface area contributed by atoms with Crippen molar-refractivity contribution in [3.05, 3.63) is 235 Å². The molecule has 8 aromatic carbocycles. The fourth-order valence-corrected chi connectivity index (χ4v) is 8.65. The maximum Gasteiger partial charge on any atom is 0.348 e. The van der Waals surface area contributed by atoms with E-state index in [1.165, 1.54) is 54.3 Å². The molecule has 0 bridgehead atoms. The van der Waals surface area contributed by atoms with Gasteiger partial charge in [-0.25, -0.2) is 49.1 Å². The van der Waals surface area contributed by atoms with E-state index in [1.54, 1.807) is 6.07 Å². The van der Waals surface area contributed by atoms with Crippen LogP contribution in [0.5, 0.6) is 11.5 Å². The lowest BCUT2D eigenvalue weighted by molar-refractivity contribution is 0.0689. The SMILES string of the molecule is C1CCOC1.CCCc1ccc(-c2cc(F)c(C(=O)O)c(Cl)c2)cc1.CCCc1ccc(-c2cc(F)c(C(=O)Oc3cc(F)c(F)c(F)c3)c(Cl)c2)cc1.CCCc1ccc(-c2cc(F)cc(Cl)c2)cc1.ClCCl.Oc1cc(F)c(F)c(F)c1. The number of benzene rings is 8. The van der Waals surface area contributed by atoms with E-state index in [4.69, 9.17) is 77.7 Å². The number of esters is 1. The van der Waals surface area contributed by atoms with Gasteiger partial charge in [-0.05, 0) is 125 Å². The Kier molecular flexibility index (Phi) is 29.5. The molecule has 0 radical (unpaired) electrons. The molecule has 0 aromatic heterocycles. The van der Waals surface area contributed by atoms with Crippen LogP contribution in [0.1, 0.15) is 90.3 Å². The van der Waals surface area contributed by atoms with Gasteiger partial charge in [0, 0.05) is 42.5 Å². The number of hydrogen-bond acceptors (Lipinski definition) is 5. The number of rotatable bonds is 12. The molecular formula is C64H56Cl5F9O6. The van der Waals surface area contributed by atoms with Gasteiger partial charge in [-0.3, -0.25) is 0 Å². The molecule has 9 rings (SSSR count). The van der Waals surface area contributed by atoms with Crippen molar-refractivity contribution in [2.75, 3.05) is 18.6 Å². The number of carboxylic acid groups (broad SMARTS) is 1. The van der Waals surface area contributed by atoms with Crippen LogP contribution < -0.4 is 4.74 Å². The second kappa shape index (κ2) is 35.5. The summed E-state index contributed by atoms with van der Waals surface area (Å²) in [7, 11) is 0. The molecule has 1 aliphatic rings. The van der Waals surface area contributed by atoms with Crippen LogP contribution in [0.4, 0.5) is 39.5 Å². The summed E-state index contributed by atoms with van der Waals surface area (Å²) in [6, 6.07) is 35.1. The smallest absolute Gasteiger partial charge is 0.348 e. The highest BCUT2D eigenvalue weighted by Gasteiger charge is 2.22. The maximum atomic E-state index is 14.6. The van der Waals surface area contributed by atoms with E-state index in [1.807, 2.05) is 60.7 Å². The third-order valence-corrected chi connectivity index (χ3v) is 12.6. The van der Waals surface area contributed by atoms with Crippen LogP contribution in [0, 0.1) is 52.4 Å². The maximum absolute atomic E-state index is 14.6. The van der Waals surface area contributed by atoms with Crippen LogP contribution >= 0.6 is 58.0 Å². The molecule has 1 aliphatic heterocycles. The largest absolute Gasteiger partial charge is 0.508 e. The second-order valence-electron chi connectivity index (χ2n) is 18.2. The Bertz CT molecular complexity index is 3300. The number of ether oxygens (including phenoxy) is 2. The van der Waals surface area contributed by atoms with Crippen LogP contribution in [0.15, 0.2) is 140 Å². The predicted molar refractivity (Wildman–Crippen MR) is 315 cm³/mol. The van der Waals surface area contributed by atoms with Crippen LogP contribution in [0.25, 0.3) is 33.4 Å². The van der Waals surface area contributed by atoms with Crippen molar-refractivity contribution in [2.24, 2.45) is 0 Å². The van der Waals surface area contributed by atoms with E-state index in [0.717, 1.165) is 80.1 Å². The number of halogens is 14. The predicted octanol–water partition coefficient (Wildman–Crippen LogP) is 20.7. The number of hydrogen-bond donors (Lipinski definition) is 2. The number of alkyl halides is 2. The quantitative estimate of drug-likeness (QED) is 0.0416. The summed E-state index contributed by atoms with van der Waals surface area (Å²) in [5, 5.41) is 17.7. The minimum Gasteiger partial charge on any atom is -0.508 e. The third-order valence-electron chi connectivity index (χ3n) is 11.8. The Balaban J connectivity index is 0.000000241. The summed E-state index contributed by atoms with van der Waals surface area (Å²) in [4.78, 5) is 23.1. The molecule has 0 spiro atoms. The van der Waals surface area contributed by atoms with E-state index < -0.39 is 81.1 Å². The van der Waals surface area contributed by atoms with Crippen LogP contribution in [0.3, 0.4) is 0 Å².